The number of fused-ring (bicyclic) bond motifs is 1. The fraction of sp³-hybridized carbons (Fsp3) is 0.375. The summed E-state index contributed by atoms with van der Waals surface area (Å²) in [6.07, 6.45) is 5.74. The number of hydrogen-bond acceptors (Lipinski definition) is 5. The summed E-state index contributed by atoms with van der Waals surface area (Å²) < 4.78 is 11.5. The average molecular weight is 404 g/mol. The van der Waals surface area contributed by atoms with Crippen molar-refractivity contribution in [2.45, 2.75) is 44.2 Å². The number of imide groups is 1. The summed E-state index contributed by atoms with van der Waals surface area (Å²) in [6, 6.07) is 15.7. The molecule has 1 saturated carbocycles. The Labute approximate surface area is 176 Å². The van der Waals surface area contributed by atoms with E-state index < -0.39 is 6.04 Å². The third-order valence-electron chi connectivity index (χ3n) is 5.73. The molecule has 0 aromatic heterocycles. The van der Waals surface area contributed by atoms with Crippen molar-refractivity contribution in [1.29, 1.82) is 5.26 Å². The van der Waals surface area contributed by atoms with Gasteiger partial charge in [-0.05, 0) is 36.6 Å². The maximum atomic E-state index is 13.2. The van der Waals surface area contributed by atoms with Crippen LogP contribution in [0, 0.1) is 11.3 Å². The highest BCUT2D eigenvalue weighted by Crippen LogP contribution is 2.34. The predicted molar refractivity (Wildman–Crippen MR) is 110 cm³/mol. The van der Waals surface area contributed by atoms with Crippen LogP contribution in [0.25, 0.3) is 0 Å². The summed E-state index contributed by atoms with van der Waals surface area (Å²) in [6.45, 7) is 0.157. The number of rotatable bonds is 7. The lowest BCUT2D eigenvalue weighted by atomic mass is 9.97. The van der Waals surface area contributed by atoms with Gasteiger partial charge < -0.3 is 9.47 Å². The fourth-order valence-electron chi connectivity index (χ4n) is 4.18. The molecule has 0 unspecified atom stereocenters. The highest BCUT2D eigenvalue weighted by atomic mass is 16.5. The van der Waals surface area contributed by atoms with Crippen molar-refractivity contribution in [3.8, 4) is 11.8 Å². The Hall–Kier alpha value is -3.17. The van der Waals surface area contributed by atoms with Gasteiger partial charge in [0, 0.05) is 0 Å². The van der Waals surface area contributed by atoms with Gasteiger partial charge in [0.25, 0.3) is 11.8 Å². The number of nitriles is 1. The fourth-order valence-corrected chi connectivity index (χ4v) is 4.18. The molecule has 1 aliphatic carbocycles. The minimum atomic E-state index is -0.496. The quantitative estimate of drug-likeness (QED) is 0.644. The molecular weight excluding hydrogens is 380 g/mol. The lowest BCUT2D eigenvalue weighted by Crippen LogP contribution is -2.37. The van der Waals surface area contributed by atoms with E-state index in [1.165, 1.54) is 17.4 Å². The standard InChI is InChI=1S/C24H24N2O4/c25-13-14-29-19-11-12-20-21(15-19)24(28)26(23(20)27)22(17-7-3-1-4-8-17)16-30-18-9-5-2-6-10-18/h1,3-4,7-8,11-12,15,18,22H,2,5-6,9-10,14,16H2/t22-/m1/s1. The van der Waals surface area contributed by atoms with Crippen LogP contribution < -0.4 is 4.74 Å². The van der Waals surface area contributed by atoms with E-state index in [2.05, 4.69) is 0 Å². The Morgan fingerprint density at radius 2 is 1.73 bits per heavy atom. The minimum absolute atomic E-state index is 0.119. The zero-order valence-corrected chi connectivity index (χ0v) is 16.8. The third-order valence-corrected chi connectivity index (χ3v) is 5.73. The van der Waals surface area contributed by atoms with E-state index in [-0.39, 0.29) is 31.1 Å². The van der Waals surface area contributed by atoms with Crippen LogP contribution in [0.2, 0.25) is 0 Å². The zero-order valence-electron chi connectivity index (χ0n) is 16.8. The van der Waals surface area contributed by atoms with Gasteiger partial charge in [-0.3, -0.25) is 14.5 Å². The van der Waals surface area contributed by atoms with Crippen LogP contribution in [-0.4, -0.2) is 36.0 Å². The van der Waals surface area contributed by atoms with Gasteiger partial charge in [0.2, 0.25) is 0 Å². The van der Waals surface area contributed by atoms with Gasteiger partial charge in [0.1, 0.15) is 11.8 Å². The molecular formula is C24H24N2O4. The highest BCUT2D eigenvalue weighted by molar-refractivity contribution is 6.21. The SMILES string of the molecule is N#CCOc1ccc2c(c1)C(=O)N([C@H](COC1CCCCC1)c1ccccc1)C2=O. The molecule has 0 bridgehead atoms. The molecule has 4 rings (SSSR count). The largest absolute Gasteiger partial charge is 0.479 e. The molecule has 1 fully saturated rings. The Morgan fingerprint density at radius 3 is 2.47 bits per heavy atom. The van der Waals surface area contributed by atoms with Crippen LogP contribution in [-0.2, 0) is 4.74 Å². The molecule has 0 spiro atoms. The van der Waals surface area contributed by atoms with Gasteiger partial charge in [0.15, 0.2) is 6.61 Å². The first kappa shape index (κ1) is 20.1. The molecule has 2 amide bonds. The van der Waals surface area contributed by atoms with E-state index in [4.69, 9.17) is 14.7 Å². The van der Waals surface area contributed by atoms with Crippen molar-refractivity contribution in [2.24, 2.45) is 0 Å². The van der Waals surface area contributed by atoms with Crippen LogP contribution in [0.3, 0.4) is 0 Å². The first-order chi connectivity index (χ1) is 14.7. The predicted octanol–water partition coefficient (Wildman–Crippen LogP) is 4.28. The number of carbonyl (C=O) groups is 2. The van der Waals surface area contributed by atoms with Crippen molar-refractivity contribution in [3.05, 3.63) is 65.2 Å². The van der Waals surface area contributed by atoms with Crippen LogP contribution in [0.15, 0.2) is 48.5 Å². The summed E-state index contributed by atoms with van der Waals surface area (Å²) in [7, 11) is 0. The van der Waals surface area contributed by atoms with E-state index in [9.17, 15) is 9.59 Å². The Morgan fingerprint density at radius 1 is 1.00 bits per heavy atom. The maximum Gasteiger partial charge on any atom is 0.262 e. The molecule has 30 heavy (non-hydrogen) atoms. The third kappa shape index (κ3) is 4.07. The van der Waals surface area contributed by atoms with E-state index in [0.717, 1.165) is 31.2 Å². The Balaban J connectivity index is 1.60. The number of amides is 2. The van der Waals surface area contributed by atoms with Gasteiger partial charge in [0.05, 0.1) is 29.9 Å². The second-order valence-corrected chi connectivity index (χ2v) is 7.65. The molecule has 6 heteroatoms. The second-order valence-electron chi connectivity index (χ2n) is 7.65. The molecule has 2 aromatic rings. The molecule has 0 N–H and O–H groups in total. The lowest BCUT2D eigenvalue weighted by Gasteiger charge is -2.30. The van der Waals surface area contributed by atoms with Gasteiger partial charge in [-0.15, -0.1) is 0 Å². The molecule has 0 saturated heterocycles. The summed E-state index contributed by atoms with van der Waals surface area (Å²) in [5.74, 6) is -0.297. The monoisotopic (exact) mass is 404 g/mol. The van der Waals surface area contributed by atoms with E-state index in [1.807, 2.05) is 36.4 Å². The van der Waals surface area contributed by atoms with Crippen LogP contribution in [0.5, 0.6) is 5.75 Å². The van der Waals surface area contributed by atoms with Gasteiger partial charge in [-0.2, -0.15) is 5.26 Å². The molecule has 6 nitrogen and oxygen atoms in total. The molecule has 0 radical (unpaired) electrons. The maximum absolute atomic E-state index is 13.2. The highest BCUT2D eigenvalue weighted by Gasteiger charge is 2.41. The summed E-state index contributed by atoms with van der Waals surface area (Å²) in [5.41, 5.74) is 1.51. The van der Waals surface area contributed by atoms with E-state index in [1.54, 1.807) is 12.1 Å². The topological polar surface area (TPSA) is 79.6 Å². The van der Waals surface area contributed by atoms with Crippen molar-refractivity contribution < 1.29 is 19.1 Å². The number of hydrogen-bond donors (Lipinski definition) is 0. The van der Waals surface area contributed by atoms with Crippen LogP contribution in [0.1, 0.15) is 64.4 Å². The average Bonchev–Trinajstić information content (AvgIpc) is 3.04. The van der Waals surface area contributed by atoms with Crippen molar-refractivity contribution in [2.75, 3.05) is 13.2 Å². The van der Waals surface area contributed by atoms with Gasteiger partial charge >= 0.3 is 0 Å². The number of carbonyl (C=O) groups excluding carboxylic acids is 2. The Kier molecular flexibility index (Phi) is 6.10. The zero-order chi connectivity index (χ0) is 20.9. The van der Waals surface area contributed by atoms with Crippen molar-refractivity contribution in [1.82, 2.24) is 4.90 Å². The summed E-state index contributed by atoms with van der Waals surface area (Å²) >= 11 is 0. The van der Waals surface area contributed by atoms with E-state index >= 15 is 0 Å². The number of ether oxygens (including phenoxy) is 2. The number of benzene rings is 2. The van der Waals surface area contributed by atoms with E-state index in [0.29, 0.717) is 16.9 Å². The summed E-state index contributed by atoms with van der Waals surface area (Å²) in [4.78, 5) is 27.7. The van der Waals surface area contributed by atoms with Crippen LogP contribution >= 0.6 is 0 Å². The Bertz CT molecular complexity index is 961. The molecule has 154 valence electrons. The number of nitrogens with zero attached hydrogens (tertiary/aromatic N) is 2. The molecule has 1 aliphatic heterocycles. The molecule has 2 aliphatic rings. The summed E-state index contributed by atoms with van der Waals surface area (Å²) in [5, 5.41) is 8.70. The van der Waals surface area contributed by atoms with Crippen LogP contribution in [0.4, 0.5) is 0 Å². The minimum Gasteiger partial charge on any atom is -0.479 e. The van der Waals surface area contributed by atoms with Gasteiger partial charge in [-0.25, -0.2) is 0 Å². The smallest absolute Gasteiger partial charge is 0.262 e. The lowest BCUT2D eigenvalue weighted by molar-refractivity contribution is -0.00386. The molecule has 2 aromatic carbocycles. The first-order valence-electron chi connectivity index (χ1n) is 10.4. The molecule has 1 atom stereocenters. The second kappa shape index (κ2) is 9.10. The van der Waals surface area contributed by atoms with Crippen molar-refractivity contribution >= 4 is 11.8 Å². The van der Waals surface area contributed by atoms with Gasteiger partial charge in [-0.1, -0.05) is 49.6 Å². The normalized spacial score (nSPS) is 17.5. The van der Waals surface area contributed by atoms with Crippen molar-refractivity contribution in [3.63, 3.8) is 0 Å². The first-order valence-corrected chi connectivity index (χ1v) is 10.4. The molecule has 1 heterocycles.